The van der Waals surface area contributed by atoms with Gasteiger partial charge in [-0.05, 0) is 6.92 Å². The highest BCUT2D eigenvalue weighted by Crippen LogP contribution is 1.77. The van der Waals surface area contributed by atoms with Crippen molar-refractivity contribution in [2.75, 3.05) is 13.2 Å². The lowest BCUT2D eigenvalue weighted by molar-refractivity contribution is -0.128. The van der Waals surface area contributed by atoms with Crippen LogP contribution in [0, 0.1) is 0 Å². The van der Waals surface area contributed by atoms with E-state index in [4.69, 9.17) is 5.11 Å². The summed E-state index contributed by atoms with van der Waals surface area (Å²) in [6, 6.07) is 0. The normalized spacial score (nSPS) is 12.8. The molecule has 0 aliphatic rings. The number of hydrogen-bond acceptors (Lipinski definition) is 2. The highest BCUT2D eigenvalue weighted by molar-refractivity contribution is 5.79. The number of amides is 1. The summed E-state index contributed by atoms with van der Waals surface area (Å²) in [6.45, 7) is 0.704. The van der Waals surface area contributed by atoms with E-state index >= 15 is 0 Å². The molecule has 1 atom stereocenters. The Kier molecular flexibility index (Phi) is 3.96. The first-order valence-electron chi connectivity index (χ1n) is 2.70. The van der Waals surface area contributed by atoms with Gasteiger partial charge in [0, 0.05) is 6.54 Å². The SMILES string of the molecule is CC(O)C(=O)NCCF. The Balaban J connectivity index is 3.28. The number of hydrogen-bond donors (Lipinski definition) is 2. The summed E-state index contributed by atoms with van der Waals surface area (Å²) in [5.41, 5.74) is 0. The highest BCUT2D eigenvalue weighted by Gasteiger charge is 2.05. The molecule has 0 aromatic carbocycles. The summed E-state index contributed by atoms with van der Waals surface area (Å²) in [5.74, 6) is -0.535. The summed E-state index contributed by atoms with van der Waals surface area (Å²) in [7, 11) is 0. The molecule has 3 nitrogen and oxygen atoms in total. The maximum absolute atomic E-state index is 11.3. The van der Waals surface area contributed by atoms with Crippen molar-refractivity contribution in [1.82, 2.24) is 5.32 Å². The molecule has 4 heteroatoms. The Bertz CT molecular complexity index is 95.0. The quantitative estimate of drug-likeness (QED) is 0.545. The van der Waals surface area contributed by atoms with Gasteiger partial charge in [-0.1, -0.05) is 0 Å². The second kappa shape index (κ2) is 4.26. The Labute approximate surface area is 52.9 Å². The van der Waals surface area contributed by atoms with E-state index in [1.54, 1.807) is 0 Å². The molecule has 0 radical (unpaired) electrons. The van der Waals surface area contributed by atoms with Gasteiger partial charge in [0.2, 0.25) is 5.91 Å². The van der Waals surface area contributed by atoms with Gasteiger partial charge in [-0.2, -0.15) is 0 Å². The van der Waals surface area contributed by atoms with E-state index in [-0.39, 0.29) is 6.54 Å². The number of halogens is 1. The van der Waals surface area contributed by atoms with Crippen LogP contribution in [0.1, 0.15) is 6.92 Å². The molecule has 0 saturated carbocycles. The van der Waals surface area contributed by atoms with Gasteiger partial charge in [0.1, 0.15) is 12.8 Å². The lowest BCUT2D eigenvalue weighted by atomic mass is 10.4. The minimum Gasteiger partial charge on any atom is -0.384 e. The molecule has 9 heavy (non-hydrogen) atoms. The lowest BCUT2D eigenvalue weighted by Gasteiger charge is -2.02. The standard InChI is InChI=1S/C5H10FNO2/c1-4(8)5(9)7-3-2-6/h4,8H,2-3H2,1H3,(H,7,9). The number of aliphatic hydroxyl groups excluding tert-OH is 1. The Morgan fingerprint density at radius 3 is 2.78 bits per heavy atom. The zero-order chi connectivity index (χ0) is 7.28. The molecular weight excluding hydrogens is 125 g/mol. The number of rotatable bonds is 3. The van der Waals surface area contributed by atoms with Crippen LogP contribution in [0.3, 0.4) is 0 Å². The zero-order valence-electron chi connectivity index (χ0n) is 5.22. The summed E-state index contributed by atoms with van der Waals surface area (Å²) >= 11 is 0. The van der Waals surface area contributed by atoms with Crippen molar-refractivity contribution < 1.29 is 14.3 Å². The average Bonchev–Trinajstić information content (AvgIpc) is 1.82. The van der Waals surface area contributed by atoms with Gasteiger partial charge in [0.05, 0.1) is 0 Å². The van der Waals surface area contributed by atoms with Crippen LogP contribution in [0.25, 0.3) is 0 Å². The zero-order valence-corrected chi connectivity index (χ0v) is 5.22. The number of aliphatic hydroxyl groups is 1. The summed E-state index contributed by atoms with van der Waals surface area (Å²) < 4.78 is 11.3. The van der Waals surface area contributed by atoms with E-state index in [1.165, 1.54) is 6.92 Å². The molecule has 0 fully saturated rings. The third kappa shape index (κ3) is 3.90. The van der Waals surface area contributed by atoms with Crippen molar-refractivity contribution in [3.63, 3.8) is 0 Å². The molecule has 0 aliphatic carbocycles. The first-order valence-corrected chi connectivity index (χ1v) is 2.70. The largest absolute Gasteiger partial charge is 0.384 e. The van der Waals surface area contributed by atoms with Crippen LogP contribution < -0.4 is 5.32 Å². The minimum absolute atomic E-state index is 0.0241. The molecule has 0 aromatic rings. The topological polar surface area (TPSA) is 49.3 Å². The molecular formula is C5H10FNO2. The minimum atomic E-state index is -1.04. The van der Waals surface area contributed by atoms with E-state index in [1.807, 2.05) is 0 Å². The first kappa shape index (κ1) is 8.36. The molecule has 0 aliphatic heterocycles. The second-order valence-corrected chi connectivity index (χ2v) is 1.66. The smallest absolute Gasteiger partial charge is 0.248 e. The van der Waals surface area contributed by atoms with Gasteiger partial charge >= 0.3 is 0 Å². The Hall–Kier alpha value is -0.640. The monoisotopic (exact) mass is 135 g/mol. The predicted octanol–water partition coefficient (Wildman–Crippen LogP) is -0.547. The molecule has 0 saturated heterocycles. The van der Waals surface area contributed by atoms with Crippen molar-refractivity contribution in [1.29, 1.82) is 0 Å². The third-order valence-electron chi connectivity index (χ3n) is 0.773. The molecule has 54 valence electrons. The number of nitrogens with one attached hydrogen (secondary N) is 1. The lowest BCUT2D eigenvalue weighted by Crippen LogP contribution is -2.33. The molecule has 1 unspecified atom stereocenters. The number of carbonyl (C=O) groups is 1. The van der Waals surface area contributed by atoms with Crippen LogP contribution in [-0.4, -0.2) is 30.3 Å². The number of carbonyl (C=O) groups excluding carboxylic acids is 1. The van der Waals surface area contributed by atoms with E-state index in [0.717, 1.165) is 0 Å². The maximum atomic E-state index is 11.3. The van der Waals surface area contributed by atoms with Gasteiger partial charge < -0.3 is 10.4 Å². The fourth-order valence-electron chi connectivity index (χ4n) is 0.318. The Morgan fingerprint density at radius 2 is 2.44 bits per heavy atom. The Morgan fingerprint density at radius 1 is 1.89 bits per heavy atom. The van der Waals surface area contributed by atoms with Crippen LogP contribution in [0.2, 0.25) is 0 Å². The van der Waals surface area contributed by atoms with Crippen molar-refractivity contribution in [3.8, 4) is 0 Å². The number of alkyl halides is 1. The molecule has 0 spiro atoms. The van der Waals surface area contributed by atoms with Gasteiger partial charge in [-0.25, -0.2) is 4.39 Å². The van der Waals surface area contributed by atoms with E-state index in [2.05, 4.69) is 5.32 Å². The first-order chi connectivity index (χ1) is 4.18. The van der Waals surface area contributed by atoms with Gasteiger partial charge in [0.25, 0.3) is 0 Å². The van der Waals surface area contributed by atoms with Crippen molar-refractivity contribution in [3.05, 3.63) is 0 Å². The van der Waals surface area contributed by atoms with Crippen molar-refractivity contribution in [2.24, 2.45) is 0 Å². The summed E-state index contributed by atoms with van der Waals surface area (Å²) in [5, 5.41) is 10.7. The average molecular weight is 135 g/mol. The maximum Gasteiger partial charge on any atom is 0.248 e. The van der Waals surface area contributed by atoms with Gasteiger partial charge in [-0.3, -0.25) is 4.79 Å². The molecule has 0 aromatic heterocycles. The van der Waals surface area contributed by atoms with Crippen LogP contribution in [-0.2, 0) is 4.79 Å². The van der Waals surface area contributed by atoms with Gasteiger partial charge in [-0.15, -0.1) is 0 Å². The highest BCUT2D eigenvalue weighted by atomic mass is 19.1. The second-order valence-electron chi connectivity index (χ2n) is 1.66. The van der Waals surface area contributed by atoms with E-state index < -0.39 is 18.7 Å². The summed E-state index contributed by atoms with van der Waals surface area (Å²) in [4.78, 5) is 10.4. The van der Waals surface area contributed by atoms with Crippen LogP contribution in [0.15, 0.2) is 0 Å². The van der Waals surface area contributed by atoms with Crippen LogP contribution in [0.4, 0.5) is 4.39 Å². The molecule has 0 heterocycles. The molecule has 1 amide bonds. The fourth-order valence-corrected chi connectivity index (χ4v) is 0.318. The summed E-state index contributed by atoms with van der Waals surface area (Å²) in [6.07, 6.45) is -1.04. The molecule has 0 rings (SSSR count). The van der Waals surface area contributed by atoms with Crippen LogP contribution in [0.5, 0.6) is 0 Å². The van der Waals surface area contributed by atoms with Crippen molar-refractivity contribution >= 4 is 5.91 Å². The van der Waals surface area contributed by atoms with Gasteiger partial charge in [0.15, 0.2) is 0 Å². The van der Waals surface area contributed by atoms with Crippen LogP contribution >= 0.6 is 0 Å². The fraction of sp³-hybridized carbons (Fsp3) is 0.800. The van der Waals surface area contributed by atoms with E-state index in [9.17, 15) is 9.18 Å². The predicted molar refractivity (Wildman–Crippen MR) is 30.7 cm³/mol. The molecule has 0 bridgehead atoms. The third-order valence-corrected chi connectivity index (χ3v) is 0.773. The van der Waals surface area contributed by atoms with E-state index in [0.29, 0.717) is 0 Å². The molecule has 2 N–H and O–H groups in total. The van der Waals surface area contributed by atoms with Crippen molar-refractivity contribution in [2.45, 2.75) is 13.0 Å².